The first-order valence-electron chi connectivity index (χ1n) is 8.33. The maximum atomic E-state index is 12.7. The highest BCUT2D eigenvalue weighted by Gasteiger charge is 2.22. The summed E-state index contributed by atoms with van der Waals surface area (Å²) in [5, 5.41) is 2.90. The van der Waals surface area contributed by atoms with Crippen molar-refractivity contribution < 1.29 is 17.9 Å². The van der Waals surface area contributed by atoms with E-state index >= 15 is 0 Å². The van der Waals surface area contributed by atoms with Crippen LogP contribution in [-0.2, 0) is 20.3 Å². The van der Waals surface area contributed by atoms with Crippen molar-refractivity contribution in [1.29, 1.82) is 0 Å². The summed E-state index contributed by atoms with van der Waals surface area (Å²) in [6.07, 6.45) is 3.04. The average molecular weight is 399 g/mol. The van der Waals surface area contributed by atoms with Gasteiger partial charge in [0, 0.05) is 30.5 Å². The summed E-state index contributed by atoms with van der Waals surface area (Å²) in [5.74, 6) is -0.358. The molecule has 6 nitrogen and oxygen atoms in total. The maximum Gasteiger partial charge on any atom is 0.268 e. The number of methoxy groups -OCH3 is 1. The van der Waals surface area contributed by atoms with Gasteiger partial charge in [-0.25, -0.2) is 8.42 Å². The van der Waals surface area contributed by atoms with Crippen LogP contribution in [0.25, 0.3) is 0 Å². The summed E-state index contributed by atoms with van der Waals surface area (Å²) >= 11 is 0. The Bertz CT molecular complexity index is 828. The lowest BCUT2D eigenvalue weighted by molar-refractivity contribution is 0.0883. The maximum absolute atomic E-state index is 12.7. The molecule has 1 aromatic carbocycles. The van der Waals surface area contributed by atoms with Gasteiger partial charge in [0.25, 0.3) is 15.0 Å². The van der Waals surface area contributed by atoms with Gasteiger partial charge in [0.05, 0.1) is 12.6 Å². The zero-order valence-corrected chi connectivity index (χ0v) is 16.4. The molecule has 0 aliphatic carbocycles. The van der Waals surface area contributed by atoms with Gasteiger partial charge in [-0.15, -0.1) is 0 Å². The van der Waals surface area contributed by atoms with Gasteiger partial charge in [-0.1, -0.05) is 43.7 Å². The average Bonchev–Trinajstić information content (AvgIpc) is 3.00. The van der Waals surface area contributed by atoms with E-state index in [0.717, 1.165) is 18.4 Å². The summed E-state index contributed by atoms with van der Waals surface area (Å²) in [6, 6.07) is 10.6. The van der Waals surface area contributed by atoms with Crippen molar-refractivity contribution in [2.24, 2.45) is 0 Å². The van der Waals surface area contributed by atoms with Gasteiger partial charge in [-0.05, 0) is 18.1 Å². The van der Waals surface area contributed by atoms with E-state index in [0.29, 0.717) is 13.2 Å². The second-order valence-electron chi connectivity index (χ2n) is 6.03. The first kappa shape index (κ1) is 20.5. The van der Waals surface area contributed by atoms with E-state index in [1.807, 2.05) is 37.3 Å². The third kappa shape index (κ3) is 5.59. The first-order valence-corrected chi connectivity index (χ1v) is 10.6. The summed E-state index contributed by atoms with van der Waals surface area (Å²) in [6.45, 7) is 2.77. The highest BCUT2D eigenvalue weighted by molar-refractivity contribution is 8.13. The van der Waals surface area contributed by atoms with Crippen LogP contribution in [0.1, 0.15) is 35.8 Å². The molecule has 1 unspecified atom stereocenters. The van der Waals surface area contributed by atoms with Crippen LogP contribution < -0.4 is 5.32 Å². The molecule has 8 heteroatoms. The van der Waals surface area contributed by atoms with Gasteiger partial charge in [0.1, 0.15) is 10.6 Å². The molecule has 0 aliphatic rings. The molecule has 0 bridgehead atoms. The van der Waals surface area contributed by atoms with Crippen LogP contribution >= 0.6 is 10.7 Å². The number of nitrogens with zero attached hydrogens (tertiary/aromatic N) is 1. The summed E-state index contributed by atoms with van der Waals surface area (Å²) < 4.78 is 30.1. The third-order valence-electron chi connectivity index (χ3n) is 3.92. The number of benzene rings is 1. The Morgan fingerprint density at radius 1 is 1.31 bits per heavy atom. The minimum Gasteiger partial charge on any atom is -0.383 e. The van der Waals surface area contributed by atoms with Crippen LogP contribution in [0.4, 0.5) is 0 Å². The lowest BCUT2D eigenvalue weighted by Crippen LogP contribution is -2.38. The van der Waals surface area contributed by atoms with Crippen molar-refractivity contribution in [1.82, 2.24) is 9.88 Å². The summed E-state index contributed by atoms with van der Waals surface area (Å²) in [7, 11) is 3.11. The van der Waals surface area contributed by atoms with Crippen LogP contribution in [0.2, 0.25) is 0 Å². The van der Waals surface area contributed by atoms with Crippen LogP contribution in [0.5, 0.6) is 0 Å². The highest BCUT2D eigenvalue weighted by atomic mass is 35.7. The van der Waals surface area contributed by atoms with Gasteiger partial charge in [-0.3, -0.25) is 4.79 Å². The molecule has 26 heavy (non-hydrogen) atoms. The predicted molar refractivity (Wildman–Crippen MR) is 101 cm³/mol. The number of carbonyl (C=O) groups excluding carboxylic acids is 1. The molecule has 1 amide bonds. The van der Waals surface area contributed by atoms with Gasteiger partial charge in [0.2, 0.25) is 0 Å². The number of halogens is 1. The van der Waals surface area contributed by atoms with E-state index in [1.54, 1.807) is 11.7 Å². The smallest absolute Gasteiger partial charge is 0.268 e. The van der Waals surface area contributed by atoms with Crippen molar-refractivity contribution >= 4 is 25.6 Å². The van der Waals surface area contributed by atoms with Crippen LogP contribution in [0.3, 0.4) is 0 Å². The zero-order valence-electron chi connectivity index (χ0n) is 14.8. The second kappa shape index (κ2) is 9.21. The number of hydrogen-bond donors (Lipinski definition) is 1. The van der Waals surface area contributed by atoms with Gasteiger partial charge in [0.15, 0.2) is 0 Å². The molecule has 0 saturated heterocycles. The molecule has 0 aliphatic heterocycles. The number of aromatic nitrogens is 1. The molecular formula is C18H23ClN2O4S. The van der Waals surface area contributed by atoms with Crippen molar-refractivity contribution in [3.8, 4) is 0 Å². The lowest BCUT2D eigenvalue weighted by Gasteiger charge is -2.18. The number of rotatable bonds is 9. The molecule has 142 valence electrons. The fraction of sp³-hybridized carbons (Fsp3) is 0.389. The number of ether oxygens (including phenoxy) is 1. The molecule has 1 aromatic heterocycles. The molecule has 2 rings (SSSR count). The first-order chi connectivity index (χ1) is 12.3. The Morgan fingerprint density at radius 2 is 2.00 bits per heavy atom. The number of amides is 1. The van der Waals surface area contributed by atoms with Crippen molar-refractivity contribution in [3.05, 3.63) is 53.9 Å². The molecule has 1 N–H and O–H groups in total. The van der Waals surface area contributed by atoms with E-state index in [4.69, 9.17) is 15.4 Å². The van der Waals surface area contributed by atoms with Crippen LogP contribution in [-0.4, -0.2) is 38.7 Å². The summed E-state index contributed by atoms with van der Waals surface area (Å²) in [4.78, 5) is 12.6. The topological polar surface area (TPSA) is 77.4 Å². The third-order valence-corrected chi connectivity index (χ3v) is 5.24. The van der Waals surface area contributed by atoms with E-state index < -0.39 is 9.05 Å². The van der Waals surface area contributed by atoms with Crippen molar-refractivity contribution in [2.45, 2.75) is 37.2 Å². The fourth-order valence-electron chi connectivity index (χ4n) is 2.72. The molecule has 0 spiro atoms. The summed E-state index contributed by atoms with van der Waals surface area (Å²) in [5.41, 5.74) is 1.18. The molecule has 1 atom stereocenters. The Labute approximate surface area is 158 Å². The predicted octanol–water partition coefficient (Wildman–Crippen LogP) is 3.01. The second-order valence-corrected chi connectivity index (χ2v) is 8.59. The molecule has 0 saturated carbocycles. The van der Waals surface area contributed by atoms with Crippen molar-refractivity contribution in [3.63, 3.8) is 0 Å². The Kier molecular flexibility index (Phi) is 7.25. The number of hydrogen-bond acceptors (Lipinski definition) is 4. The monoisotopic (exact) mass is 398 g/mol. The van der Waals surface area contributed by atoms with E-state index in [2.05, 4.69) is 5.32 Å². The van der Waals surface area contributed by atoms with E-state index in [1.165, 1.54) is 12.3 Å². The number of nitrogens with one attached hydrogen (secondary N) is 1. The quantitative estimate of drug-likeness (QED) is 0.658. The lowest BCUT2D eigenvalue weighted by atomic mass is 10.1. The minimum absolute atomic E-state index is 0.0981. The largest absolute Gasteiger partial charge is 0.383 e. The Morgan fingerprint density at radius 3 is 2.58 bits per heavy atom. The molecule has 1 heterocycles. The molecule has 0 fully saturated rings. The van der Waals surface area contributed by atoms with Gasteiger partial charge in [-0.2, -0.15) is 0 Å². The highest BCUT2D eigenvalue weighted by Crippen LogP contribution is 2.20. The Hall–Kier alpha value is -1.83. The van der Waals surface area contributed by atoms with E-state index in [9.17, 15) is 13.2 Å². The van der Waals surface area contributed by atoms with E-state index in [-0.39, 0.29) is 22.5 Å². The Balaban J connectivity index is 2.32. The minimum atomic E-state index is -3.93. The normalized spacial score (nSPS) is 12.7. The zero-order chi connectivity index (χ0) is 19.2. The van der Waals surface area contributed by atoms with Gasteiger partial charge < -0.3 is 14.6 Å². The SMILES string of the molecule is CCCC(COC)NC(=O)c1cc(S(=O)(=O)Cl)cn1Cc1ccccc1. The van der Waals surface area contributed by atoms with Crippen molar-refractivity contribution in [2.75, 3.05) is 13.7 Å². The molecular weight excluding hydrogens is 376 g/mol. The number of carbonyl (C=O) groups is 1. The van der Waals surface area contributed by atoms with Crippen LogP contribution in [0, 0.1) is 0 Å². The van der Waals surface area contributed by atoms with Crippen LogP contribution in [0.15, 0.2) is 47.5 Å². The molecule has 2 aromatic rings. The van der Waals surface area contributed by atoms with Gasteiger partial charge >= 0.3 is 0 Å². The molecule has 0 radical (unpaired) electrons. The fourth-order valence-corrected chi connectivity index (χ4v) is 3.48. The standard InChI is InChI=1S/C18H23ClN2O4S/c1-3-7-15(13-25-2)20-18(22)17-10-16(26(19,23)24)12-21(17)11-14-8-5-4-6-9-14/h4-6,8-10,12,15H,3,7,11,13H2,1-2H3,(H,20,22).